The van der Waals surface area contributed by atoms with Crippen molar-refractivity contribution in [2.45, 2.75) is 135 Å². The van der Waals surface area contributed by atoms with Crippen molar-refractivity contribution in [1.82, 2.24) is 0 Å². The molecule has 1 unspecified atom stereocenters. The van der Waals surface area contributed by atoms with Gasteiger partial charge in [0, 0.05) is 0 Å². The van der Waals surface area contributed by atoms with Gasteiger partial charge in [-0.05, 0) is 19.3 Å². The fraction of sp³-hybridized carbons (Fsp3) is 0.846. The Kier molecular flexibility index (Phi) is 21.4. The SMILES string of the molecule is CCCCCCCCCCCCCCCCCCC/C=C/CC(CC(=O)O)C(=O)O. The van der Waals surface area contributed by atoms with Crippen LogP contribution < -0.4 is 0 Å². The second kappa shape index (κ2) is 22.4. The van der Waals surface area contributed by atoms with E-state index in [-0.39, 0.29) is 6.42 Å². The van der Waals surface area contributed by atoms with Gasteiger partial charge in [0.25, 0.3) is 0 Å². The molecule has 0 aliphatic heterocycles. The highest BCUT2D eigenvalue weighted by atomic mass is 16.4. The molecule has 0 aliphatic carbocycles. The van der Waals surface area contributed by atoms with Crippen LogP contribution in [0, 0.1) is 5.92 Å². The van der Waals surface area contributed by atoms with E-state index in [0.29, 0.717) is 6.42 Å². The maximum absolute atomic E-state index is 11.0. The Labute approximate surface area is 185 Å². The number of allylic oxidation sites excluding steroid dienone is 2. The molecule has 0 aromatic heterocycles. The van der Waals surface area contributed by atoms with Gasteiger partial charge in [-0.15, -0.1) is 0 Å². The van der Waals surface area contributed by atoms with E-state index < -0.39 is 17.9 Å². The van der Waals surface area contributed by atoms with Crippen LogP contribution in [0.2, 0.25) is 0 Å². The van der Waals surface area contributed by atoms with E-state index in [9.17, 15) is 9.59 Å². The predicted molar refractivity (Wildman–Crippen MR) is 126 cm³/mol. The molecule has 0 saturated heterocycles. The summed E-state index contributed by atoms with van der Waals surface area (Å²) in [5, 5.41) is 17.7. The topological polar surface area (TPSA) is 74.6 Å². The lowest BCUT2D eigenvalue weighted by molar-refractivity contribution is -0.148. The van der Waals surface area contributed by atoms with Crippen LogP contribution in [0.3, 0.4) is 0 Å². The molecule has 4 heteroatoms. The van der Waals surface area contributed by atoms with E-state index >= 15 is 0 Å². The highest BCUT2D eigenvalue weighted by Crippen LogP contribution is 2.15. The van der Waals surface area contributed by atoms with Gasteiger partial charge < -0.3 is 10.2 Å². The molecule has 2 N–H and O–H groups in total. The molecule has 0 radical (unpaired) electrons. The van der Waals surface area contributed by atoms with E-state index in [1.807, 2.05) is 12.2 Å². The molecule has 1 atom stereocenters. The summed E-state index contributed by atoms with van der Waals surface area (Å²) >= 11 is 0. The third-order valence-corrected chi connectivity index (χ3v) is 5.83. The summed E-state index contributed by atoms with van der Waals surface area (Å²) in [5.41, 5.74) is 0. The van der Waals surface area contributed by atoms with Gasteiger partial charge >= 0.3 is 11.9 Å². The third kappa shape index (κ3) is 21.4. The van der Waals surface area contributed by atoms with Gasteiger partial charge in [-0.25, -0.2) is 0 Å². The summed E-state index contributed by atoms with van der Waals surface area (Å²) in [6, 6.07) is 0. The quantitative estimate of drug-likeness (QED) is 0.128. The highest BCUT2D eigenvalue weighted by Gasteiger charge is 2.19. The van der Waals surface area contributed by atoms with Crippen LogP contribution in [0.15, 0.2) is 12.2 Å². The van der Waals surface area contributed by atoms with Crippen molar-refractivity contribution in [3.05, 3.63) is 12.2 Å². The van der Waals surface area contributed by atoms with Crippen LogP contribution in [-0.2, 0) is 9.59 Å². The van der Waals surface area contributed by atoms with Crippen LogP contribution in [0.25, 0.3) is 0 Å². The van der Waals surface area contributed by atoms with Crippen LogP contribution in [0.4, 0.5) is 0 Å². The number of rotatable bonds is 23. The first-order chi connectivity index (χ1) is 14.6. The van der Waals surface area contributed by atoms with Crippen molar-refractivity contribution >= 4 is 11.9 Å². The Morgan fingerprint density at radius 2 is 1.03 bits per heavy atom. The van der Waals surface area contributed by atoms with Gasteiger partial charge in [-0.1, -0.05) is 122 Å². The first-order valence-electron chi connectivity index (χ1n) is 12.7. The van der Waals surface area contributed by atoms with Crippen molar-refractivity contribution < 1.29 is 19.8 Å². The number of carboxylic acid groups (broad SMARTS) is 2. The molecular weight excluding hydrogens is 376 g/mol. The van der Waals surface area contributed by atoms with Crippen molar-refractivity contribution in [2.24, 2.45) is 5.92 Å². The summed E-state index contributed by atoms with van der Waals surface area (Å²) in [5.74, 6) is -2.89. The summed E-state index contributed by atoms with van der Waals surface area (Å²) in [6.07, 6.45) is 28.0. The minimum Gasteiger partial charge on any atom is -0.481 e. The van der Waals surface area contributed by atoms with Crippen molar-refractivity contribution in [1.29, 1.82) is 0 Å². The standard InChI is InChI=1S/C26H48O4/c1-2-3-4-5-6-7-8-9-10-11-12-13-14-15-16-17-18-19-20-21-22-24(26(29)30)23-25(27)28/h20-21,24H,2-19,22-23H2,1H3,(H,27,28)(H,29,30)/b21-20+. The van der Waals surface area contributed by atoms with Crippen molar-refractivity contribution in [3.63, 3.8) is 0 Å². The second-order valence-corrected chi connectivity index (χ2v) is 8.79. The molecule has 0 saturated carbocycles. The zero-order chi connectivity index (χ0) is 22.3. The van der Waals surface area contributed by atoms with E-state index in [1.54, 1.807) is 0 Å². The number of carbonyl (C=O) groups is 2. The average molecular weight is 425 g/mol. The minimum absolute atomic E-state index is 0.306. The summed E-state index contributed by atoms with van der Waals surface area (Å²) < 4.78 is 0. The maximum Gasteiger partial charge on any atom is 0.307 e. The summed E-state index contributed by atoms with van der Waals surface area (Å²) in [6.45, 7) is 2.27. The first-order valence-corrected chi connectivity index (χ1v) is 12.7. The van der Waals surface area contributed by atoms with Gasteiger partial charge in [-0.3, -0.25) is 9.59 Å². The van der Waals surface area contributed by atoms with Gasteiger partial charge in [0.15, 0.2) is 0 Å². The monoisotopic (exact) mass is 424 g/mol. The Morgan fingerprint density at radius 3 is 1.40 bits per heavy atom. The molecule has 4 nitrogen and oxygen atoms in total. The number of carboxylic acids is 2. The van der Waals surface area contributed by atoms with E-state index in [0.717, 1.165) is 12.8 Å². The van der Waals surface area contributed by atoms with Crippen LogP contribution in [0.1, 0.15) is 135 Å². The molecule has 0 heterocycles. The Morgan fingerprint density at radius 1 is 0.633 bits per heavy atom. The molecule has 30 heavy (non-hydrogen) atoms. The molecular formula is C26H48O4. The van der Waals surface area contributed by atoms with Crippen LogP contribution >= 0.6 is 0 Å². The molecule has 0 fully saturated rings. The number of aliphatic carboxylic acids is 2. The Bertz CT molecular complexity index is 431. The van der Waals surface area contributed by atoms with Gasteiger partial charge in [-0.2, -0.15) is 0 Å². The second-order valence-electron chi connectivity index (χ2n) is 8.79. The molecule has 0 bridgehead atoms. The maximum atomic E-state index is 11.0. The molecule has 0 aromatic carbocycles. The van der Waals surface area contributed by atoms with E-state index in [2.05, 4.69) is 6.92 Å². The molecule has 0 spiro atoms. The Balaban J connectivity index is 3.29. The van der Waals surface area contributed by atoms with Gasteiger partial charge in [0.05, 0.1) is 12.3 Å². The fourth-order valence-corrected chi connectivity index (χ4v) is 3.85. The number of hydrogen-bond donors (Lipinski definition) is 2. The lowest BCUT2D eigenvalue weighted by atomic mass is 10.0. The highest BCUT2D eigenvalue weighted by molar-refractivity contribution is 5.77. The Hall–Kier alpha value is -1.32. The fourth-order valence-electron chi connectivity index (χ4n) is 3.85. The molecule has 176 valence electrons. The zero-order valence-electron chi connectivity index (χ0n) is 19.6. The molecule has 0 rings (SSSR count). The van der Waals surface area contributed by atoms with Crippen molar-refractivity contribution in [3.8, 4) is 0 Å². The number of hydrogen-bond acceptors (Lipinski definition) is 2. The first kappa shape index (κ1) is 28.7. The van der Waals surface area contributed by atoms with E-state index in [4.69, 9.17) is 10.2 Å². The normalized spacial score (nSPS) is 12.4. The molecule has 0 aromatic rings. The molecule has 0 amide bonds. The minimum atomic E-state index is -1.05. The lowest BCUT2D eigenvalue weighted by Gasteiger charge is -2.05. The largest absolute Gasteiger partial charge is 0.481 e. The lowest BCUT2D eigenvalue weighted by Crippen LogP contribution is -2.16. The van der Waals surface area contributed by atoms with Crippen LogP contribution in [-0.4, -0.2) is 22.2 Å². The van der Waals surface area contributed by atoms with E-state index in [1.165, 1.54) is 103 Å². The summed E-state index contributed by atoms with van der Waals surface area (Å²) in [7, 11) is 0. The van der Waals surface area contributed by atoms with Gasteiger partial charge in [0.2, 0.25) is 0 Å². The smallest absolute Gasteiger partial charge is 0.307 e. The summed E-state index contributed by atoms with van der Waals surface area (Å²) in [4.78, 5) is 21.6. The zero-order valence-corrected chi connectivity index (χ0v) is 19.6. The molecule has 0 aliphatic rings. The number of unbranched alkanes of at least 4 members (excludes halogenated alkanes) is 17. The third-order valence-electron chi connectivity index (χ3n) is 5.83. The van der Waals surface area contributed by atoms with Crippen LogP contribution in [0.5, 0.6) is 0 Å². The predicted octanol–water partition coefficient (Wildman–Crippen LogP) is 8.15. The van der Waals surface area contributed by atoms with Gasteiger partial charge in [0.1, 0.15) is 0 Å². The van der Waals surface area contributed by atoms with Crippen molar-refractivity contribution in [2.75, 3.05) is 0 Å². The average Bonchev–Trinajstić information content (AvgIpc) is 2.71.